The van der Waals surface area contributed by atoms with Gasteiger partial charge < -0.3 is 15.5 Å². The van der Waals surface area contributed by atoms with Gasteiger partial charge in [0.25, 0.3) is 5.91 Å². The minimum Gasteiger partial charge on any atom is -0.354 e. The normalized spacial score (nSPS) is 15.1. The average Bonchev–Trinajstić information content (AvgIpc) is 2.82. The van der Waals surface area contributed by atoms with Gasteiger partial charge in [0.2, 0.25) is 11.8 Å². The van der Waals surface area contributed by atoms with Crippen LogP contribution < -0.4 is 10.6 Å². The molecule has 0 unspecified atom stereocenters. The second-order valence-corrected chi connectivity index (χ2v) is 8.44. The van der Waals surface area contributed by atoms with Crippen LogP contribution in [0.15, 0.2) is 54.6 Å². The van der Waals surface area contributed by atoms with Gasteiger partial charge in [-0.25, -0.2) is 0 Å². The van der Waals surface area contributed by atoms with Crippen molar-refractivity contribution in [3.05, 3.63) is 71.3 Å². The van der Waals surface area contributed by atoms with Crippen LogP contribution in [0, 0.1) is 12.8 Å². The molecular formula is C26H33N3O3. The molecule has 0 radical (unpaired) electrons. The second-order valence-electron chi connectivity index (χ2n) is 8.44. The SMILES string of the molecule is CCCNC(=O)[C@@H](NC(=O)c1ccccc1C)C1CCN(C(=O)Cc2ccccc2)CC1. The molecule has 3 amide bonds. The van der Waals surface area contributed by atoms with Crippen LogP contribution in [0.2, 0.25) is 0 Å². The molecule has 1 aliphatic rings. The summed E-state index contributed by atoms with van der Waals surface area (Å²) in [6.07, 6.45) is 2.57. The third-order valence-electron chi connectivity index (χ3n) is 6.07. The summed E-state index contributed by atoms with van der Waals surface area (Å²) < 4.78 is 0. The van der Waals surface area contributed by atoms with E-state index in [1.165, 1.54) is 0 Å². The Balaban J connectivity index is 1.64. The summed E-state index contributed by atoms with van der Waals surface area (Å²) in [4.78, 5) is 40.4. The number of carbonyl (C=O) groups excluding carboxylic acids is 3. The second kappa shape index (κ2) is 11.5. The zero-order chi connectivity index (χ0) is 22.9. The standard InChI is InChI=1S/C26H33N3O3/c1-3-15-27-26(32)24(28-25(31)22-12-8-7-9-19(22)2)21-13-16-29(17-14-21)23(30)18-20-10-5-4-6-11-20/h4-12,21,24H,3,13-18H2,1-2H3,(H,27,32)(H,28,31)/t24-/m0/s1. The molecule has 6 heteroatoms. The van der Waals surface area contributed by atoms with Crippen molar-refractivity contribution in [2.45, 2.75) is 45.6 Å². The number of hydrogen-bond donors (Lipinski definition) is 2. The van der Waals surface area contributed by atoms with Gasteiger partial charge in [0, 0.05) is 25.2 Å². The largest absolute Gasteiger partial charge is 0.354 e. The quantitative estimate of drug-likeness (QED) is 0.669. The molecule has 2 aromatic rings. The molecule has 6 nitrogen and oxygen atoms in total. The molecule has 0 spiro atoms. The van der Waals surface area contributed by atoms with Crippen molar-refractivity contribution in [3.8, 4) is 0 Å². The van der Waals surface area contributed by atoms with Gasteiger partial charge in [-0.05, 0) is 49.3 Å². The highest BCUT2D eigenvalue weighted by Crippen LogP contribution is 2.22. The van der Waals surface area contributed by atoms with E-state index in [0.29, 0.717) is 44.5 Å². The summed E-state index contributed by atoms with van der Waals surface area (Å²) in [7, 11) is 0. The zero-order valence-corrected chi connectivity index (χ0v) is 19.0. The molecule has 0 aliphatic carbocycles. The molecule has 2 aromatic carbocycles. The Bertz CT molecular complexity index is 921. The highest BCUT2D eigenvalue weighted by Gasteiger charge is 2.34. The minimum absolute atomic E-state index is 0.0133. The Morgan fingerprint density at radius 1 is 1.00 bits per heavy atom. The lowest BCUT2D eigenvalue weighted by Gasteiger charge is -2.36. The number of nitrogens with zero attached hydrogens (tertiary/aromatic N) is 1. The molecule has 1 heterocycles. The van der Waals surface area contributed by atoms with Gasteiger partial charge >= 0.3 is 0 Å². The predicted molar refractivity (Wildman–Crippen MR) is 125 cm³/mol. The van der Waals surface area contributed by atoms with E-state index in [-0.39, 0.29) is 23.6 Å². The van der Waals surface area contributed by atoms with Crippen molar-refractivity contribution in [2.75, 3.05) is 19.6 Å². The van der Waals surface area contributed by atoms with Crippen molar-refractivity contribution in [2.24, 2.45) is 5.92 Å². The molecule has 1 saturated heterocycles. The summed E-state index contributed by atoms with van der Waals surface area (Å²) in [6.45, 7) is 5.64. The maximum Gasteiger partial charge on any atom is 0.252 e. The van der Waals surface area contributed by atoms with Gasteiger partial charge in [-0.15, -0.1) is 0 Å². The Morgan fingerprint density at radius 2 is 1.66 bits per heavy atom. The Hall–Kier alpha value is -3.15. The Morgan fingerprint density at radius 3 is 2.31 bits per heavy atom. The summed E-state index contributed by atoms with van der Waals surface area (Å²) in [5, 5.41) is 5.92. The van der Waals surface area contributed by atoms with Crippen LogP contribution in [0.25, 0.3) is 0 Å². The van der Waals surface area contributed by atoms with E-state index >= 15 is 0 Å². The lowest BCUT2D eigenvalue weighted by atomic mass is 9.88. The molecule has 3 rings (SSSR count). The summed E-state index contributed by atoms with van der Waals surface area (Å²) in [6, 6.07) is 16.5. The van der Waals surface area contributed by atoms with Crippen molar-refractivity contribution in [3.63, 3.8) is 0 Å². The summed E-state index contributed by atoms with van der Waals surface area (Å²) >= 11 is 0. The van der Waals surface area contributed by atoms with Crippen LogP contribution in [0.4, 0.5) is 0 Å². The van der Waals surface area contributed by atoms with E-state index in [1.54, 1.807) is 6.07 Å². The minimum atomic E-state index is -0.611. The average molecular weight is 436 g/mol. The lowest BCUT2D eigenvalue weighted by Crippen LogP contribution is -2.54. The topological polar surface area (TPSA) is 78.5 Å². The Kier molecular flexibility index (Phi) is 8.42. The lowest BCUT2D eigenvalue weighted by molar-refractivity contribution is -0.132. The molecule has 170 valence electrons. The van der Waals surface area contributed by atoms with Crippen molar-refractivity contribution < 1.29 is 14.4 Å². The number of carbonyl (C=O) groups is 3. The zero-order valence-electron chi connectivity index (χ0n) is 19.0. The van der Waals surface area contributed by atoms with E-state index in [2.05, 4.69) is 10.6 Å². The number of benzene rings is 2. The van der Waals surface area contributed by atoms with Gasteiger partial charge in [0.05, 0.1) is 6.42 Å². The molecular weight excluding hydrogens is 402 g/mol. The molecule has 0 bridgehead atoms. The summed E-state index contributed by atoms with van der Waals surface area (Å²) in [5.41, 5.74) is 2.46. The first-order valence-electron chi connectivity index (χ1n) is 11.5. The number of rotatable bonds is 8. The molecule has 1 aliphatic heterocycles. The molecule has 1 fully saturated rings. The number of amides is 3. The molecule has 0 saturated carbocycles. The number of piperidine rings is 1. The monoisotopic (exact) mass is 435 g/mol. The van der Waals surface area contributed by atoms with Crippen LogP contribution in [0.5, 0.6) is 0 Å². The molecule has 0 aromatic heterocycles. The van der Waals surface area contributed by atoms with E-state index in [0.717, 1.165) is 17.5 Å². The summed E-state index contributed by atoms with van der Waals surface area (Å²) in [5.74, 6) is -0.295. The van der Waals surface area contributed by atoms with Crippen LogP contribution >= 0.6 is 0 Å². The van der Waals surface area contributed by atoms with Crippen LogP contribution in [0.3, 0.4) is 0 Å². The van der Waals surface area contributed by atoms with Gasteiger partial charge in [0.1, 0.15) is 6.04 Å². The van der Waals surface area contributed by atoms with Crippen molar-refractivity contribution in [1.29, 1.82) is 0 Å². The van der Waals surface area contributed by atoms with Crippen LogP contribution in [-0.2, 0) is 16.0 Å². The first-order valence-corrected chi connectivity index (χ1v) is 11.5. The molecule has 1 atom stereocenters. The smallest absolute Gasteiger partial charge is 0.252 e. The first-order chi connectivity index (χ1) is 15.5. The van der Waals surface area contributed by atoms with Crippen LogP contribution in [-0.4, -0.2) is 48.3 Å². The maximum absolute atomic E-state index is 12.9. The van der Waals surface area contributed by atoms with E-state index in [1.807, 2.05) is 67.3 Å². The molecule has 2 N–H and O–H groups in total. The maximum atomic E-state index is 12.9. The van der Waals surface area contributed by atoms with Gasteiger partial charge in [-0.1, -0.05) is 55.5 Å². The highest BCUT2D eigenvalue weighted by atomic mass is 16.2. The van der Waals surface area contributed by atoms with Crippen molar-refractivity contribution >= 4 is 17.7 Å². The fraction of sp³-hybridized carbons (Fsp3) is 0.423. The van der Waals surface area contributed by atoms with Gasteiger partial charge in [-0.3, -0.25) is 14.4 Å². The third kappa shape index (κ3) is 6.19. The van der Waals surface area contributed by atoms with Crippen LogP contribution in [0.1, 0.15) is 47.7 Å². The number of nitrogens with one attached hydrogen (secondary N) is 2. The Labute approximate surface area is 190 Å². The number of hydrogen-bond acceptors (Lipinski definition) is 3. The van der Waals surface area contributed by atoms with E-state index in [9.17, 15) is 14.4 Å². The van der Waals surface area contributed by atoms with Gasteiger partial charge in [-0.2, -0.15) is 0 Å². The van der Waals surface area contributed by atoms with Crippen molar-refractivity contribution in [1.82, 2.24) is 15.5 Å². The van der Waals surface area contributed by atoms with E-state index < -0.39 is 6.04 Å². The third-order valence-corrected chi connectivity index (χ3v) is 6.07. The molecule has 32 heavy (non-hydrogen) atoms. The first kappa shape index (κ1) is 23.5. The fourth-order valence-electron chi connectivity index (χ4n) is 4.17. The number of aryl methyl sites for hydroxylation is 1. The fourth-order valence-corrected chi connectivity index (χ4v) is 4.17. The number of likely N-dealkylation sites (tertiary alicyclic amines) is 1. The van der Waals surface area contributed by atoms with E-state index in [4.69, 9.17) is 0 Å². The highest BCUT2D eigenvalue weighted by molar-refractivity contribution is 5.98. The van der Waals surface area contributed by atoms with Gasteiger partial charge in [0.15, 0.2) is 0 Å². The predicted octanol–water partition coefficient (Wildman–Crippen LogP) is 3.10.